The summed E-state index contributed by atoms with van der Waals surface area (Å²) < 4.78 is 0. The Hall–Kier alpha value is -2.95. The Morgan fingerprint density at radius 3 is 2.41 bits per heavy atom. The lowest BCUT2D eigenvalue weighted by molar-refractivity contribution is 1.31. The first-order valence-electron chi connectivity index (χ1n) is 8.43. The number of aromatic amines is 1. The quantitative estimate of drug-likeness (QED) is 0.385. The van der Waals surface area contributed by atoms with E-state index in [4.69, 9.17) is 4.98 Å². The SMILES string of the molecule is Cl.c1ccc(-c2sc(-c3cccnc3)nc2-c2c[nH]c3ccccc23)cc1. The van der Waals surface area contributed by atoms with E-state index in [1.54, 1.807) is 17.5 Å². The van der Waals surface area contributed by atoms with Gasteiger partial charge in [0.1, 0.15) is 5.01 Å². The summed E-state index contributed by atoms with van der Waals surface area (Å²) in [5, 5.41) is 2.17. The fourth-order valence-corrected chi connectivity index (χ4v) is 4.24. The summed E-state index contributed by atoms with van der Waals surface area (Å²) in [7, 11) is 0. The van der Waals surface area contributed by atoms with Gasteiger partial charge in [-0.3, -0.25) is 4.98 Å². The van der Waals surface area contributed by atoms with E-state index in [1.807, 2.05) is 24.4 Å². The highest BCUT2D eigenvalue weighted by atomic mass is 35.5. The molecule has 27 heavy (non-hydrogen) atoms. The van der Waals surface area contributed by atoms with E-state index in [2.05, 4.69) is 64.7 Å². The zero-order chi connectivity index (χ0) is 17.3. The normalized spacial score (nSPS) is 10.7. The van der Waals surface area contributed by atoms with Gasteiger partial charge in [-0.05, 0) is 23.8 Å². The molecular formula is C22H16ClN3S. The first-order chi connectivity index (χ1) is 12.9. The number of fused-ring (bicyclic) bond motifs is 1. The maximum absolute atomic E-state index is 5.01. The Bertz CT molecular complexity index is 1180. The summed E-state index contributed by atoms with van der Waals surface area (Å²) in [6.45, 7) is 0. The molecule has 3 nitrogen and oxygen atoms in total. The van der Waals surface area contributed by atoms with Gasteiger partial charge in [0.2, 0.25) is 0 Å². The minimum absolute atomic E-state index is 0. The third kappa shape index (κ3) is 3.14. The largest absolute Gasteiger partial charge is 0.360 e. The van der Waals surface area contributed by atoms with E-state index in [0.29, 0.717) is 0 Å². The number of para-hydroxylation sites is 1. The molecule has 0 aliphatic carbocycles. The standard InChI is InChI=1S/C22H15N3S.ClH/c1-2-7-15(8-3-1)21-20(18-14-24-19-11-5-4-10-17(18)19)25-22(26-21)16-9-6-12-23-13-16;/h1-14,24H;1H. The van der Waals surface area contributed by atoms with E-state index >= 15 is 0 Å². The zero-order valence-corrected chi connectivity index (χ0v) is 15.9. The number of H-pyrrole nitrogens is 1. The lowest BCUT2D eigenvalue weighted by Gasteiger charge is -2.01. The lowest BCUT2D eigenvalue weighted by Crippen LogP contribution is -1.82. The van der Waals surface area contributed by atoms with Gasteiger partial charge in [0.25, 0.3) is 0 Å². The minimum Gasteiger partial charge on any atom is -0.360 e. The first-order valence-corrected chi connectivity index (χ1v) is 9.25. The van der Waals surface area contributed by atoms with Crippen molar-refractivity contribution in [3.05, 3.63) is 85.3 Å². The van der Waals surface area contributed by atoms with Crippen molar-refractivity contribution in [1.29, 1.82) is 0 Å². The summed E-state index contributed by atoms with van der Waals surface area (Å²) in [6.07, 6.45) is 5.71. The molecule has 1 N–H and O–H groups in total. The van der Waals surface area contributed by atoms with Crippen LogP contribution in [-0.2, 0) is 0 Å². The second-order valence-electron chi connectivity index (χ2n) is 6.05. The van der Waals surface area contributed by atoms with Crippen LogP contribution in [0.1, 0.15) is 0 Å². The number of rotatable bonds is 3. The van der Waals surface area contributed by atoms with Gasteiger partial charge in [0, 0.05) is 40.6 Å². The minimum atomic E-state index is 0. The van der Waals surface area contributed by atoms with Gasteiger partial charge in [0.05, 0.1) is 10.6 Å². The Morgan fingerprint density at radius 1 is 0.815 bits per heavy atom. The van der Waals surface area contributed by atoms with E-state index in [9.17, 15) is 0 Å². The van der Waals surface area contributed by atoms with Crippen LogP contribution < -0.4 is 0 Å². The highest BCUT2D eigenvalue weighted by Gasteiger charge is 2.18. The Morgan fingerprint density at radius 2 is 1.59 bits per heavy atom. The highest BCUT2D eigenvalue weighted by Crippen LogP contribution is 2.42. The van der Waals surface area contributed by atoms with Crippen LogP contribution in [0.4, 0.5) is 0 Å². The predicted molar refractivity (Wildman–Crippen MR) is 115 cm³/mol. The fraction of sp³-hybridized carbons (Fsp3) is 0. The highest BCUT2D eigenvalue weighted by molar-refractivity contribution is 7.19. The monoisotopic (exact) mass is 389 g/mol. The van der Waals surface area contributed by atoms with Crippen LogP contribution in [0.25, 0.3) is 43.2 Å². The number of benzene rings is 2. The van der Waals surface area contributed by atoms with Crippen molar-refractivity contribution in [2.75, 3.05) is 0 Å². The average Bonchev–Trinajstić information content (AvgIpc) is 3.34. The summed E-state index contributed by atoms with van der Waals surface area (Å²) in [6, 6.07) is 22.8. The van der Waals surface area contributed by atoms with Gasteiger partial charge in [0.15, 0.2) is 0 Å². The molecule has 5 heteroatoms. The number of hydrogen-bond donors (Lipinski definition) is 1. The molecule has 2 aromatic carbocycles. The van der Waals surface area contributed by atoms with Crippen LogP contribution in [-0.4, -0.2) is 15.0 Å². The van der Waals surface area contributed by atoms with E-state index in [1.165, 1.54) is 15.8 Å². The van der Waals surface area contributed by atoms with Crippen molar-refractivity contribution in [3.63, 3.8) is 0 Å². The molecule has 0 spiro atoms. The molecule has 0 saturated heterocycles. The molecule has 5 aromatic rings. The molecule has 132 valence electrons. The number of nitrogens with one attached hydrogen (secondary N) is 1. The molecule has 0 unspecified atom stereocenters. The third-order valence-corrected chi connectivity index (χ3v) is 5.57. The molecule has 0 fully saturated rings. The zero-order valence-electron chi connectivity index (χ0n) is 14.3. The Kier molecular flexibility index (Phi) is 4.75. The van der Waals surface area contributed by atoms with Crippen LogP contribution >= 0.6 is 23.7 Å². The Balaban J connectivity index is 0.00000180. The van der Waals surface area contributed by atoms with Gasteiger partial charge in [-0.1, -0.05) is 48.5 Å². The van der Waals surface area contributed by atoms with Crippen LogP contribution in [0.3, 0.4) is 0 Å². The van der Waals surface area contributed by atoms with Crippen LogP contribution in [0.15, 0.2) is 85.3 Å². The van der Waals surface area contributed by atoms with Gasteiger partial charge < -0.3 is 4.98 Å². The lowest BCUT2D eigenvalue weighted by atomic mass is 10.1. The number of aromatic nitrogens is 3. The number of thiazole rings is 1. The molecule has 0 amide bonds. The summed E-state index contributed by atoms with van der Waals surface area (Å²) >= 11 is 1.71. The van der Waals surface area contributed by atoms with Crippen molar-refractivity contribution in [2.24, 2.45) is 0 Å². The van der Waals surface area contributed by atoms with Crippen molar-refractivity contribution >= 4 is 34.6 Å². The van der Waals surface area contributed by atoms with E-state index in [0.717, 1.165) is 27.3 Å². The number of pyridine rings is 1. The molecule has 0 aliphatic heterocycles. The summed E-state index contributed by atoms with van der Waals surface area (Å²) in [5.41, 5.74) is 5.49. The van der Waals surface area contributed by atoms with Crippen LogP contribution in [0, 0.1) is 0 Å². The van der Waals surface area contributed by atoms with Crippen LogP contribution in [0.5, 0.6) is 0 Å². The number of hydrogen-bond acceptors (Lipinski definition) is 3. The molecule has 0 radical (unpaired) electrons. The predicted octanol–water partition coefficient (Wildman–Crippen LogP) is 6.44. The average molecular weight is 390 g/mol. The third-order valence-electron chi connectivity index (χ3n) is 4.42. The molecular weight excluding hydrogens is 374 g/mol. The topological polar surface area (TPSA) is 41.6 Å². The van der Waals surface area contributed by atoms with Gasteiger partial charge in [-0.15, -0.1) is 23.7 Å². The number of nitrogens with zero attached hydrogens (tertiary/aromatic N) is 2. The van der Waals surface area contributed by atoms with Gasteiger partial charge in [-0.2, -0.15) is 0 Å². The van der Waals surface area contributed by atoms with Gasteiger partial charge >= 0.3 is 0 Å². The molecule has 5 rings (SSSR count). The van der Waals surface area contributed by atoms with Gasteiger partial charge in [-0.25, -0.2) is 4.98 Å². The summed E-state index contributed by atoms with van der Waals surface area (Å²) in [5.74, 6) is 0. The van der Waals surface area contributed by atoms with Crippen molar-refractivity contribution < 1.29 is 0 Å². The Labute approximate surface area is 167 Å². The summed E-state index contributed by atoms with van der Waals surface area (Å²) in [4.78, 5) is 13.8. The van der Waals surface area contributed by atoms with E-state index in [-0.39, 0.29) is 12.4 Å². The first kappa shape index (κ1) is 17.5. The molecule has 0 bridgehead atoms. The second-order valence-corrected chi connectivity index (χ2v) is 7.05. The maximum Gasteiger partial charge on any atom is 0.126 e. The second kappa shape index (κ2) is 7.35. The molecule has 3 heterocycles. The molecule has 0 aliphatic rings. The van der Waals surface area contributed by atoms with Crippen molar-refractivity contribution in [2.45, 2.75) is 0 Å². The molecule has 3 aromatic heterocycles. The van der Waals surface area contributed by atoms with Crippen molar-refractivity contribution in [3.8, 4) is 32.3 Å². The number of halogens is 1. The molecule has 0 atom stereocenters. The van der Waals surface area contributed by atoms with Crippen LogP contribution in [0.2, 0.25) is 0 Å². The van der Waals surface area contributed by atoms with E-state index < -0.39 is 0 Å². The smallest absolute Gasteiger partial charge is 0.126 e. The molecule has 0 saturated carbocycles. The maximum atomic E-state index is 5.01. The fourth-order valence-electron chi connectivity index (χ4n) is 3.17. The van der Waals surface area contributed by atoms with Crippen molar-refractivity contribution in [1.82, 2.24) is 15.0 Å².